The molecule has 0 bridgehead atoms. The average molecular weight is 523 g/mol. The second kappa shape index (κ2) is 11.6. The molecule has 0 aromatic heterocycles. The maximum absolute atomic E-state index is 11.5. The fourth-order valence-corrected chi connectivity index (χ4v) is 7.64. The highest BCUT2D eigenvalue weighted by Gasteiger charge is 2.15. The van der Waals surface area contributed by atoms with E-state index in [1.54, 1.807) is 24.3 Å². The van der Waals surface area contributed by atoms with Gasteiger partial charge < -0.3 is 10.2 Å². The molecule has 8 heteroatoms. The third kappa shape index (κ3) is 6.42. The Bertz CT molecular complexity index is 1210. The minimum absolute atomic E-state index is 0.235. The van der Waals surface area contributed by atoms with Crippen LogP contribution in [0.3, 0.4) is 0 Å². The summed E-state index contributed by atoms with van der Waals surface area (Å²) in [5, 5.41) is 18.9. The predicted octanol–water partition coefficient (Wildman–Crippen LogP) is 8.18. The van der Waals surface area contributed by atoms with Gasteiger partial charge in [0.1, 0.15) is 0 Å². The van der Waals surface area contributed by atoms with Crippen LogP contribution in [0.4, 0.5) is 0 Å². The minimum Gasteiger partial charge on any atom is -0.478 e. The van der Waals surface area contributed by atoms with Gasteiger partial charge in [0.05, 0.1) is 11.1 Å². The van der Waals surface area contributed by atoms with Crippen molar-refractivity contribution >= 4 is 57.1 Å². The lowest BCUT2D eigenvalue weighted by Gasteiger charge is -2.12. The number of aromatic carboxylic acids is 2. The summed E-state index contributed by atoms with van der Waals surface area (Å²) in [5.74, 6) is -1.94. The topological polar surface area (TPSA) is 74.6 Å². The molecule has 0 spiro atoms. The van der Waals surface area contributed by atoms with Gasteiger partial charge in [-0.2, -0.15) is 0 Å². The van der Waals surface area contributed by atoms with Gasteiger partial charge in [0, 0.05) is 29.4 Å². The number of benzene rings is 4. The fourth-order valence-electron chi connectivity index (χ4n) is 2.90. The van der Waals surface area contributed by atoms with Crippen LogP contribution in [0.25, 0.3) is 0 Å². The Morgan fingerprint density at radius 2 is 0.882 bits per heavy atom. The summed E-state index contributed by atoms with van der Waals surface area (Å²) in [5.41, 5.74) is 0.470. The predicted molar refractivity (Wildman–Crippen MR) is 140 cm³/mol. The summed E-state index contributed by atoms with van der Waals surface area (Å²) < 4.78 is 0. The van der Waals surface area contributed by atoms with Crippen LogP contribution in [0.15, 0.2) is 126 Å². The SMILES string of the molecule is O=C(O)c1ccc(SSc2ccc(C(=O)O)cc2Sc2ccccc2)c(Sc2ccccc2)c1. The molecule has 0 aliphatic carbocycles. The second-order valence-corrected chi connectivity index (χ2v) is 11.4. The lowest BCUT2D eigenvalue weighted by atomic mass is 10.2. The molecule has 4 aromatic carbocycles. The van der Waals surface area contributed by atoms with E-state index < -0.39 is 11.9 Å². The van der Waals surface area contributed by atoms with Crippen molar-refractivity contribution in [2.24, 2.45) is 0 Å². The van der Waals surface area contributed by atoms with Crippen molar-refractivity contribution in [2.45, 2.75) is 29.4 Å². The molecule has 4 aromatic rings. The zero-order valence-electron chi connectivity index (χ0n) is 17.6. The quantitative estimate of drug-likeness (QED) is 0.213. The zero-order valence-corrected chi connectivity index (χ0v) is 20.8. The average Bonchev–Trinajstić information content (AvgIpc) is 2.85. The van der Waals surface area contributed by atoms with Crippen LogP contribution in [0.2, 0.25) is 0 Å². The number of carboxylic acid groups (broad SMARTS) is 2. The van der Waals surface area contributed by atoms with E-state index in [0.717, 1.165) is 29.4 Å². The maximum atomic E-state index is 11.5. The summed E-state index contributed by atoms with van der Waals surface area (Å²) in [6.45, 7) is 0. The zero-order chi connectivity index (χ0) is 23.9. The molecule has 2 N–H and O–H groups in total. The molecule has 34 heavy (non-hydrogen) atoms. The molecule has 4 nitrogen and oxygen atoms in total. The highest BCUT2D eigenvalue weighted by atomic mass is 33.1. The normalized spacial score (nSPS) is 10.7. The van der Waals surface area contributed by atoms with Gasteiger partial charge in [0.25, 0.3) is 0 Å². The van der Waals surface area contributed by atoms with E-state index in [-0.39, 0.29) is 11.1 Å². The van der Waals surface area contributed by atoms with E-state index in [1.165, 1.54) is 45.1 Å². The molecular weight excluding hydrogens is 505 g/mol. The molecule has 0 radical (unpaired) electrons. The minimum atomic E-state index is -0.968. The first-order valence-electron chi connectivity index (χ1n) is 10.0. The van der Waals surface area contributed by atoms with Crippen molar-refractivity contribution in [2.75, 3.05) is 0 Å². The van der Waals surface area contributed by atoms with E-state index in [1.807, 2.05) is 72.8 Å². The molecule has 0 atom stereocenters. The van der Waals surface area contributed by atoms with Crippen LogP contribution in [-0.4, -0.2) is 22.2 Å². The van der Waals surface area contributed by atoms with Crippen molar-refractivity contribution in [3.8, 4) is 0 Å². The Balaban J connectivity index is 1.62. The molecule has 4 rings (SSSR count). The van der Waals surface area contributed by atoms with Gasteiger partial charge >= 0.3 is 11.9 Å². The Morgan fingerprint density at radius 1 is 0.500 bits per heavy atom. The largest absolute Gasteiger partial charge is 0.478 e. The van der Waals surface area contributed by atoms with Crippen molar-refractivity contribution in [1.29, 1.82) is 0 Å². The Labute approximate surface area is 213 Å². The van der Waals surface area contributed by atoms with Crippen LogP contribution in [-0.2, 0) is 0 Å². The summed E-state index contributed by atoms with van der Waals surface area (Å²) in [4.78, 5) is 28.7. The van der Waals surface area contributed by atoms with Gasteiger partial charge in [0.2, 0.25) is 0 Å². The molecule has 0 saturated carbocycles. The molecule has 170 valence electrons. The summed E-state index contributed by atoms with van der Waals surface area (Å²) in [6, 6.07) is 29.8. The molecule has 0 aliphatic rings. The van der Waals surface area contributed by atoms with E-state index in [9.17, 15) is 19.8 Å². The fraction of sp³-hybridized carbons (Fsp3) is 0. The lowest BCUT2D eigenvalue weighted by molar-refractivity contribution is 0.0685. The van der Waals surface area contributed by atoms with Crippen LogP contribution in [0.1, 0.15) is 20.7 Å². The molecule has 0 heterocycles. The molecule has 0 unspecified atom stereocenters. The molecule has 0 fully saturated rings. The number of carbonyl (C=O) groups is 2. The smallest absolute Gasteiger partial charge is 0.335 e. The van der Waals surface area contributed by atoms with Crippen LogP contribution >= 0.6 is 45.1 Å². The number of hydrogen-bond donors (Lipinski definition) is 2. The highest BCUT2D eigenvalue weighted by Crippen LogP contribution is 2.47. The highest BCUT2D eigenvalue weighted by molar-refractivity contribution is 8.76. The van der Waals surface area contributed by atoms with E-state index in [2.05, 4.69) is 0 Å². The molecule has 0 saturated heterocycles. The van der Waals surface area contributed by atoms with Gasteiger partial charge in [-0.05, 0) is 60.7 Å². The lowest BCUT2D eigenvalue weighted by Crippen LogP contribution is -1.97. The first-order valence-corrected chi connectivity index (χ1v) is 13.8. The third-order valence-electron chi connectivity index (χ3n) is 4.54. The molecular formula is C26H18O4S4. The van der Waals surface area contributed by atoms with E-state index in [0.29, 0.717) is 0 Å². The van der Waals surface area contributed by atoms with Gasteiger partial charge in [-0.1, -0.05) is 81.5 Å². The monoisotopic (exact) mass is 522 g/mol. The number of carboxylic acids is 2. The third-order valence-corrected chi connectivity index (χ3v) is 9.42. The summed E-state index contributed by atoms with van der Waals surface area (Å²) in [7, 11) is 3.04. The number of rotatable bonds is 9. The van der Waals surface area contributed by atoms with Gasteiger partial charge in [-0.15, -0.1) is 0 Å². The van der Waals surface area contributed by atoms with Crippen LogP contribution in [0.5, 0.6) is 0 Å². The van der Waals surface area contributed by atoms with Crippen LogP contribution in [0, 0.1) is 0 Å². The Morgan fingerprint density at radius 3 is 1.24 bits per heavy atom. The first kappa shape index (κ1) is 24.3. The van der Waals surface area contributed by atoms with Gasteiger partial charge in [-0.25, -0.2) is 9.59 Å². The standard InChI is InChI=1S/C26H18O4S4/c27-25(28)17-11-13-21(23(15-17)31-19-7-3-1-4-8-19)33-34-22-14-12-18(26(29)30)16-24(22)32-20-9-5-2-6-10-20/h1-16H,(H,27,28)(H,29,30). The summed E-state index contributed by atoms with van der Waals surface area (Å²) in [6.07, 6.45) is 0. The van der Waals surface area contributed by atoms with Crippen molar-refractivity contribution in [1.82, 2.24) is 0 Å². The second-order valence-electron chi connectivity index (χ2n) is 6.93. The van der Waals surface area contributed by atoms with Gasteiger partial charge in [-0.3, -0.25) is 0 Å². The number of hydrogen-bond acceptors (Lipinski definition) is 6. The van der Waals surface area contributed by atoms with Crippen molar-refractivity contribution in [3.05, 3.63) is 108 Å². The maximum Gasteiger partial charge on any atom is 0.335 e. The molecule has 0 amide bonds. The Hall–Kier alpha value is -2.78. The molecule has 0 aliphatic heterocycles. The van der Waals surface area contributed by atoms with Gasteiger partial charge in [0.15, 0.2) is 0 Å². The Kier molecular flexibility index (Phi) is 8.29. The van der Waals surface area contributed by atoms with Crippen molar-refractivity contribution in [3.63, 3.8) is 0 Å². The van der Waals surface area contributed by atoms with Crippen LogP contribution < -0.4 is 0 Å². The first-order chi connectivity index (χ1) is 16.5. The summed E-state index contributed by atoms with van der Waals surface area (Å²) >= 11 is 3.03. The van der Waals surface area contributed by atoms with Crippen molar-refractivity contribution < 1.29 is 19.8 Å². The van der Waals surface area contributed by atoms with E-state index in [4.69, 9.17) is 0 Å². The van der Waals surface area contributed by atoms with E-state index >= 15 is 0 Å².